The van der Waals surface area contributed by atoms with Crippen molar-refractivity contribution in [1.82, 2.24) is 0 Å². The molecule has 0 heterocycles. The fraction of sp³-hybridized carbons (Fsp3) is 0.222. The van der Waals surface area contributed by atoms with Crippen molar-refractivity contribution in [3.05, 3.63) is 94.0 Å². The molecule has 3 rings (SSSR count). The number of benzene rings is 3. The number of rotatable bonds is 8. The van der Waals surface area contributed by atoms with E-state index in [1.807, 2.05) is 32.0 Å². The van der Waals surface area contributed by atoms with Crippen LogP contribution in [0.15, 0.2) is 60.7 Å². The summed E-state index contributed by atoms with van der Waals surface area (Å²) in [4.78, 5) is 37.0. The molecule has 194 valence electrons. The van der Waals surface area contributed by atoms with Gasteiger partial charge in [0, 0.05) is 5.56 Å². The van der Waals surface area contributed by atoms with Gasteiger partial charge in [0.15, 0.2) is 0 Å². The smallest absolute Gasteiger partial charge is 0.339 e. The zero-order valence-corrected chi connectivity index (χ0v) is 22.0. The van der Waals surface area contributed by atoms with Crippen molar-refractivity contribution in [2.24, 2.45) is 0 Å². The number of aryl methyl sites for hydroxylation is 2. The van der Waals surface area contributed by atoms with Crippen LogP contribution in [0.3, 0.4) is 0 Å². The van der Waals surface area contributed by atoms with Crippen molar-refractivity contribution in [1.29, 1.82) is 0 Å². The third kappa shape index (κ3) is 6.34. The van der Waals surface area contributed by atoms with Gasteiger partial charge in [-0.2, -0.15) is 0 Å². The molecule has 10 heteroatoms. The zero-order valence-electron chi connectivity index (χ0n) is 21.2. The number of amides is 1. The van der Waals surface area contributed by atoms with E-state index in [0.29, 0.717) is 11.3 Å². The number of anilines is 2. The molecular weight excluding hydrogens is 496 g/mol. The van der Waals surface area contributed by atoms with Gasteiger partial charge in [0.25, 0.3) is 5.91 Å². The molecule has 0 fully saturated rings. The van der Waals surface area contributed by atoms with Crippen molar-refractivity contribution >= 4 is 39.2 Å². The number of carbonyl (C=O) groups is 3. The summed E-state index contributed by atoms with van der Waals surface area (Å²) in [7, 11) is -1.15. The number of para-hydroxylation sites is 1. The fourth-order valence-corrected chi connectivity index (χ4v) is 4.87. The van der Waals surface area contributed by atoms with Gasteiger partial charge >= 0.3 is 11.9 Å². The molecule has 0 aliphatic rings. The summed E-state index contributed by atoms with van der Waals surface area (Å²) in [6.45, 7) is 3.79. The zero-order chi connectivity index (χ0) is 27.3. The number of sulfonamides is 1. The molecule has 0 aliphatic carbocycles. The van der Waals surface area contributed by atoms with Crippen LogP contribution in [-0.4, -0.2) is 46.7 Å². The Balaban J connectivity index is 1.87. The van der Waals surface area contributed by atoms with Crippen molar-refractivity contribution in [2.75, 3.05) is 30.1 Å². The van der Waals surface area contributed by atoms with E-state index >= 15 is 0 Å². The minimum Gasteiger partial charge on any atom is -0.465 e. The van der Waals surface area contributed by atoms with Crippen LogP contribution >= 0.6 is 0 Å². The Morgan fingerprint density at radius 1 is 0.838 bits per heavy atom. The standard InChI is InChI=1S/C27H28N2O7S/c1-17-7-6-8-18(2)24(17)29(37(5,33)34)16-19-9-11-20(12-10-19)25(30)28-23-15-21(26(31)35-3)13-14-22(23)27(32)36-4/h6-15H,16H2,1-5H3,(H,28,30). The van der Waals surface area contributed by atoms with E-state index in [2.05, 4.69) is 5.32 Å². The lowest BCUT2D eigenvalue weighted by Gasteiger charge is -2.26. The maximum absolute atomic E-state index is 12.9. The number of methoxy groups -OCH3 is 2. The first kappa shape index (κ1) is 27.4. The van der Waals surface area contributed by atoms with Gasteiger partial charge in [0.1, 0.15) is 0 Å². The van der Waals surface area contributed by atoms with Crippen LogP contribution < -0.4 is 9.62 Å². The molecule has 0 aromatic heterocycles. The number of ether oxygens (including phenoxy) is 2. The molecule has 37 heavy (non-hydrogen) atoms. The van der Waals surface area contributed by atoms with E-state index in [9.17, 15) is 22.8 Å². The molecule has 0 radical (unpaired) electrons. The lowest BCUT2D eigenvalue weighted by molar-refractivity contribution is 0.0587. The summed E-state index contributed by atoms with van der Waals surface area (Å²) in [5.41, 5.74) is 3.52. The van der Waals surface area contributed by atoms with Crippen molar-refractivity contribution in [3.8, 4) is 0 Å². The summed E-state index contributed by atoms with van der Waals surface area (Å²) in [5, 5.41) is 2.63. The largest absolute Gasteiger partial charge is 0.465 e. The molecule has 3 aromatic carbocycles. The second kappa shape index (κ2) is 11.3. The molecular formula is C27H28N2O7S. The van der Waals surface area contributed by atoms with Gasteiger partial charge in [-0.05, 0) is 60.9 Å². The normalized spacial score (nSPS) is 10.9. The van der Waals surface area contributed by atoms with Crippen LogP contribution in [0.5, 0.6) is 0 Å². The molecule has 0 saturated carbocycles. The highest BCUT2D eigenvalue weighted by atomic mass is 32.2. The van der Waals surface area contributed by atoms with E-state index in [-0.39, 0.29) is 28.9 Å². The van der Waals surface area contributed by atoms with E-state index in [1.54, 1.807) is 24.3 Å². The minimum atomic E-state index is -3.58. The Kier molecular flexibility index (Phi) is 8.34. The quantitative estimate of drug-likeness (QED) is 0.441. The van der Waals surface area contributed by atoms with Crippen LogP contribution in [0.1, 0.15) is 47.8 Å². The van der Waals surface area contributed by atoms with E-state index in [0.717, 1.165) is 17.4 Å². The fourth-order valence-electron chi connectivity index (χ4n) is 3.86. The van der Waals surface area contributed by atoms with Crippen LogP contribution in [-0.2, 0) is 26.0 Å². The van der Waals surface area contributed by atoms with Crippen molar-refractivity contribution in [3.63, 3.8) is 0 Å². The Bertz CT molecular complexity index is 1430. The van der Waals surface area contributed by atoms with Crippen LogP contribution in [0.25, 0.3) is 0 Å². The number of carbonyl (C=O) groups excluding carboxylic acids is 3. The van der Waals surface area contributed by atoms with Crippen LogP contribution in [0.4, 0.5) is 11.4 Å². The third-order valence-corrected chi connectivity index (χ3v) is 6.84. The van der Waals surface area contributed by atoms with Crippen LogP contribution in [0, 0.1) is 13.8 Å². The molecule has 1 amide bonds. The lowest BCUT2D eigenvalue weighted by Crippen LogP contribution is -2.30. The number of nitrogens with zero attached hydrogens (tertiary/aromatic N) is 1. The predicted octanol–water partition coefficient (Wildman–Crippen LogP) is 4.10. The second-order valence-corrected chi connectivity index (χ2v) is 10.3. The Labute approximate surface area is 216 Å². The molecule has 9 nitrogen and oxygen atoms in total. The number of hydrogen-bond donors (Lipinski definition) is 1. The Hall–Kier alpha value is -4.18. The first-order valence-corrected chi connectivity index (χ1v) is 13.1. The second-order valence-electron chi connectivity index (χ2n) is 8.40. The average molecular weight is 525 g/mol. The molecule has 0 bridgehead atoms. The van der Waals surface area contributed by atoms with Crippen LogP contribution in [0.2, 0.25) is 0 Å². The summed E-state index contributed by atoms with van der Waals surface area (Å²) in [5.74, 6) is -1.85. The Morgan fingerprint density at radius 3 is 1.95 bits per heavy atom. The highest BCUT2D eigenvalue weighted by Gasteiger charge is 2.22. The predicted molar refractivity (Wildman–Crippen MR) is 140 cm³/mol. The van der Waals surface area contributed by atoms with Crippen molar-refractivity contribution < 1.29 is 32.3 Å². The summed E-state index contributed by atoms with van der Waals surface area (Å²) in [6, 6.07) is 16.1. The maximum Gasteiger partial charge on any atom is 0.339 e. The average Bonchev–Trinajstić information content (AvgIpc) is 2.86. The summed E-state index contributed by atoms with van der Waals surface area (Å²) in [6.07, 6.45) is 1.15. The molecule has 0 atom stereocenters. The van der Waals surface area contributed by atoms with Gasteiger partial charge in [-0.25, -0.2) is 18.0 Å². The molecule has 3 aromatic rings. The van der Waals surface area contributed by atoms with Gasteiger partial charge in [-0.1, -0.05) is 30.3 Å². The molecule has 1 N–H and O–H groups in total. The highest BCUT2D eigenvalue weighted by Crippen LogP contribution is 2.28. The van der Waals surface area contributed by atoms with Gasteiger partial charge in [-0.3, -0.25) is 9.10 Å². The topological polar surface area (TPSA) is 119 Å². The number of nitrogens with one attached hydrogen (secondary N) is 1. The summed E-state index contributed by atoms with van der Waals surface area (Å²) >= 11 is 0. The summed E-state index contributed by atoms with van der Waals surface area (Å²) < 4.78 is 36.1. The van der Waals surface area contributed by atoms with Gasteiger partial charge in [0.05, 0.1) is 49.5 Å². The van der Waals surface area contributed by atoms with Crippen molar-refractivity contribution in [2.45, 2.75) is 20.4 Å². The van der Waals surface area contributed by atoms with E-state index < -0.39 is 27.9 Å². The number of esters is 2. The van der Waals surface area contributed by atoms with E-state index in [1.165, 1.54) is 36.7 Å². The third-order valence-electron chi connectivity index (χ3n) is 5.73. The molecule has 0 unspecified atom stereocenters. The first-order chi connectivity index (χ1) is 17.5. The van der Waals surface area contributed by atoms with E-state index in [4.69, 9.17) is 9.47 Å². The van der Waals surface area contributed by atoms with Gasteiger partial charge in [-0.15, -0.1) is 0 Å². The van der Waals surface area contributed by atoms with Gasteiger partial charge < -0.3 is 14.8 Å². The Morgan fingerprint density at radius 2 is 1.41 bits per heavy atom. The minimum absolute atomic E-state index is 0.0671. The maximum atomic E-state index is 12.9. The highest BCUT2D eigenvalue weighted by molar-refractivity contribution is 7.92. The lowest BCUT2D eigenvalue weighted by atomic mass is 10.1. The molecule has 0 aliphatic heterocycles. The SMILES string of the molecule is COC(=O)c1ccc(C(=O)OC)c(NC(=O)c2ccc(CN(c3c(C)cccc3C)S(C)(=O)=O)cc2)c1. The first-order valence-electron chi connectivity index (χ1n) is 11.2. The molecule has 0 spiro atoms. The van der Waals surface area contributed by atoms with Gasteiger partial charge in [0.2, 0.25) is 10.0 Å². The molecule has 0 saturated heterocycles. The number of hydrogen-bond acceptors (Lipinski definition) is 7. The monoisotopic (exact) mass is 524 g/mol.